The van der Waals surface area contributed by atoms with Crippen molar-refractivity contribution in [2.24, 2.45) is 0 Å². The Morgan fingerprint density at radius 1 is 1.59 bits per heavy atom. The van der Waals surface area contributed by atoms with E-state index in [1.165, 1.54) is 12.1 Å². The predicted molar refractivity (Wildman–Crippen MR) is 63.2 cm³/mol. The Balaban J connectivity index is 3.08. The second-order valence-corrected chi connectivity index (χ2v) is 3.58. The van der Waals surface area contributed by atoms with Crippen LogP contribution in [0.5, 0.6) is 0 Å². The number of nitrogens with zero attached hydrogens (tertiary/aromatic N) is 2. The summed E-state index contributed by atoms with van der Waals surface area (Å²) < 4.78 is 0. The Kier molecular flexibility index (Phi) is 4.03. The molecule has 0 aliphatic rings. The molecule has 0 aliphatic carbocycles. The van der Waals surface area contributed by atoms with E-state index in [9.17, 15) is 14.9 Å². The monoisotopic (exact) mass is 238 g/mol. The van der Waals surface area contributed by atoms with Crippen molar-refractivity contribution in [3.05, 3.63) is 34.4 Å². The van der Waals surface area contributed by atoms with Crippen molar-refractivity contribution >= 4 is 17.3 Å². The first-order valence-corrected chi connectivity index (χ1v) is 5.21. The fraction of sp³-hybridized carbons (Fsp3) is 0.364. The van der Waals surface area contributed by atoms with Crippen LogP contribution in [0.4, 0.5) is 11.4 Å². The van der Waals surface area contributed by atoms with E-state index in [4.69, 9.17) is 5.11 Å². The van der Waals surface area contributed by atoms with E-state index >= 15 is 0 Å². The van der Waals surface area contributed by atoms with Crippen LogP contribution in [0.15, 0.2) is 24.3 Å². The number of nitro benzene ring substituents is 1. The summed E-state index contributed by atoms with van der Waals surface area (Å²) in [5, 5.41) is 19.6. The Hall–Kier alpha value is -2.11. The van der Waals surface area contributed by atoms with Gasteiger partial charge >= 0.3 is 5.97 Å². The van der Waals surface area contributed by atoms with Crippen LogP contribution in [0.2, 0.25) is 0 Å². The van der Waals surface area contributed by atoms with Crippen molar-refractivity contribution in [2.75, 3.05) is 11.4 Å². The molecule has 6 nitrogen and oxygen atoms in total. The molecule has 1 N–H and O–H groups in total. The largest absolute Gasteiger partial charge is 0.480 e. The van der Waals surface area contributed by atoms with Crippen molar-refractivity contribution in [2.45, 2.75) is 19.9 Å². The van der Waals surface area contributed by atoms with Gasteiger partial charge in [-0.05, 0) is 19.9 Å². The average molecular weight is 238 g/mol. The van der Waals surface area contributed by atoms with Gasteiger partial charge in [0.25, 0.3) is 5.69 Å². The molecule has 0 bridgehead atoms. The standard InChI is InChI=1S/C11H14N2O4/c1-3-12(8(2)11(14)15)9-5-4-6-10(7-9)13(16)17/h4-8H,3H2,1-2H3,(H,14,15)/t8-/m0/s1. The summed E-state index contributed by atoms with van der Waals surface area (Å²) >= 11 is 0. The van der Waals surface area contributed by atoms with Gasteiger partial charge in [-0.25, -0.2) is 4.79 Å². The molecule has 6 heteroatoms. The zero-order valence-corrected chi connectivity index (χ0v) is 9.66. The van der Waals surface area contributed by atoms with E-state index in [2.05, 4.69) is 0 Å². The molecule has 1 aromatic carbocycles. The minimum absolute atomic E-state index is 0.0430. The predicted octanol–water partition coefficient (Wildman–Crippen LogP) is 1.89. The molecule has 1 aromatic rings. The molecule has 0 spiro atoms. The topological polar surface area (TPSA) is 83.7 Å². The molecular formula is C11H14N2O4. The molecule has 1 rings (SSSR count). The molecular weight excluding hydrogens is 224 g/mol. The summed E-state index contributed by atoms with van der Waals surface area (Å²) in [5.74, 6) is -0.960. The molecule has 0 unspecified atom stereocenters. The number of aliphatic carboxylic acids is 1. The number of likely N-dealkylation sites (N-methyl/N-ethyl adjacent to an activating group) is 1. The van der Waals surface area contributed by atoms with Gasteiger partial charge < -0.3 is 10.0 Å². The molecule has 0 aromatic heterocycles. The quantitative estimate of drug-likeness (QED) is 0.625. The number of carboxylic acid groups (broad SMARTS) is 1. The van der Waals surface area contributed by atoms with E-state index < -0.39 is 16.9 Å². The van der Waals surface area contributed by atoms with Crippen LogP contribution >= 0.6 is 0 Å². The Labute approximate surface area is 98.6 Å². The number of anilines is 1. The van der Waals surface area contributed by atoms with Gasteiger partial charge in [-0.1, -0.05) is 6.07 Å². The number of non-ortho nitro benzene ring substituents is 1. The first kappa shape index (κ1) is 13.0. The second-order valence-electron chi connectivity index (χ2n) is 3.58. The van der Waals surface area contributed by atoms with Crippen molar-refractivity contribution in [3.8, 4) is 0 Å². The third-order valence-corrected chi connectivity index (χ3v) is 2.54. The second kappa shape index (κ2) is 5.29. The highest BCUT2D eigenvalue weighted by molar-refractivity contribution is 5.78. The van der Waals surface area contributed by atoms with Gasteiger partial charge in [-0.3, -0.25) is 10.1 Å². The molecule has 1 atom stereocenters. The number of carboxylic acids is 1. The molecule has 0 fully saturated rings. The first-order chi connectivity index (χ1) is 7.97. The molecule has 0 aliphatic heterocycles. The normalized spacial score (nSPS) is 11.9. The Morgan fingerprint density at radius 3 is 2.71 bits per heavy atom. The number of nitro groups is 1. The van der Waals surface area contributed by atoms with Crippen LogP contribution in [0.25, 0.3) is 0 Å². The van der Waals surface area contributed by atoms with Crippen LogP contribution in [0.1, 0.15) is 13.8 Å². The van der Waals surface area contributed by atoms with E-state index in [0.717, 1.165) is 0 Å². The average Bonchev–Trinajstić information content (AvgIpc) is 2.30. The van der Waals surface area contributed by atoms with Gasteiger partial charge in [-0.15, -0.1) is 0 Å². The lowest BCUT2D eigenvalue weighted by Crippen LogP contribution is -2.38. The van der Waals surface area contributed by atoms with Gasteiger partial charge in [0.15, 0.2) is 0 Å². The van der Waals surface area contributed by atoms with Gasteiger partial charge in [0.05, 0.1) is 4.92 Å². The molecule has 0 saturated heterocycles. The number of hydrogen-bond donors (Lipinski definition) is 1. The van der Waals surface area contributed by atoms with Gasteiger partial charge in [0.1, 0.15) is 6.04 Å². The fourth-order valence-electron chi connectivity index (χ4n) is 1.60. The highest BCUT2D eigenvalue weighted by Gasteiger charge is 2.20. The third-order valence-electron chi connectivity index (χ3n) is 2.54. The summed E-state index contributed by atoms with van der Waals surface area (Å²) in [6.07, 6.45) is 0. The molecule has 0 radical (unpaired) electrons. The molecule has 92 valence electrons. The van der Waals surface area contributed by atoms with Crippen molar-refractivity contribution in [3.63, 3.8) is 0 Å². The van der Waals surface area contributed by atoms with Gasteiger partial charge in [-0.2, -0.15) is 0 Å². The number of hydrogen-bond acceptors (Lipinski definition) is 4. The maximum Gasteiger partial charge on any atom is 0.326 e. The lowest BCUT2D eigenvalue weighted by Gasteiger charge is -2.26. The summed E-state index contributed by atoms with van der Waals surface area (Å²) in [6, 6.07) is 5.24. The van der Waals surface area contributed by atoms with E-state index in [-0.39, 0.29) is 5.69 Å². The van der Waals surface area contributed by atoms with Crippen molar-refractivity contribution < 1.29 is 14.8 Å². The zero-order chi connectivity index (χ0) is 13.0. The fourth-order valence-corrected chi connectivity index (χ4v) is 1.60. The SMILES string of the molecule is CCN(c1cccc([N+](=O)[O-])c1)[C@@H](C)C(=O)O. The third kappa shape index (κ3) is 2.93. The molecule has 17 heavy (non-hydrogen) atoms. The Bertz CT molecular complexity index is 433. The van der Waals surface area contributed by atoms with Crippen LogP contribution in [0.3, 0.4) is 0 Å². The highest BCUT2D eigenvalue weighted by atomic mass is 16.6. The summed E-state index contributed by atoms with van der Waals surface area (Å²) in [5.41, 5.74) is 0.495. The minimum atomic E-state index is -0.960. The maximum atomic E-state index is 10.9. The smallest absolute Gasteiger partial charge is 0.326 e. The molecule has 0 amide bonds. The van der Waals surface area contributed by atoms with Gasteiger partial charge in [0, 0.05) is 24.4 Å². The van der Waals surface area contributed by atoms with Crippen LogP contribution < -0.4 is 4.90 Å². The van der Waals surface area contributed by atoms with E-state index in [0.29, 0.717) is 12.2 Å². The van der Waals surface area contributed by atoms with Gasteiger partial charge in [0.2, 0.25) is 0 Å². The highest BCUT2D eigenvalue weighted by Crippen LogP contribution is 2.22. The molecule has 0 saturated carbocycles. The first-order valence-electron chi connectivity index (χ1n) is 5.21. The lowest BCUT2D eigenvalue weighted by molar-refractivity contribution is -0.384. The summed E-state index contributed by atoms with van der Waals surface area (Å²) in [7, 11) is 0. The summed E-state index contributed by atoms with van der Waals surface area (Å²) in [6.45, 7) is 3.82. The number of carbonyl (C=O) groups is 1. The van der Waals surface area contributed by atoms with Crippen molar-refractivity contribution in [1.29, 1.82) is 0 Å². The maximum absolute atomic E-state index is 10.9. The van der Waals surface area contributed by atoms with Crippen LogP contribution in [-0.2, 0) is 4.79 Å². The zero-order valence-electron chi connectivity index (χ0n) is 9.66. The lowest BCUT2D eigenvalue weighted by atomic mass is 10.2. The van der Waals surface area contributed by atoms with Crippen molar-refractivity contribution in [1.82, 2.24) is 0 Å². The van der Waals surface area contributed by atoms with E-state index in [1.807, 2.05) is 0 Å². The van der Waals surface area contributed by atoms with Crippen LogP contribution in [0, 0.1) is 10.1 Å². The number of benzene rings is 1. The van der Waals surface area contributed by atoms with E-state index in [1.54, 1.807) is 30.9 Å². The Morgan fingerprint density at radius 2 is 2.24 bits per heavy atom. The summed E-state index contributed by atoms with van der Waals surface area (Å²) in [4.78, 5) is 22.7. The number of rotatable bonds is 5. The van der Waals surface area contributed by atoms with Crippen LogP contribution in [-0.4, -0.2) is 28.6 Å². The minimum Gasteiger partial charge on any atom is -0.480 e. The molecule has 0 heterocycles.